The van der Waals surface area contributed by atoms with Crippen LogP contribution in [0.2, 0.25) is 5.02 Å². The Labute approximate surface area is 130 Å². The zero-order valence-electron chi connectivity index (χ0n) is 11.1. The van der Waals surface area contributed by atoms with Crippen LogP contribution in [0.5, 0.6) is 0 Å². The Kier molecular flexibility index (Phi) is 4.79. The van der Waals surface area contributed by atoms with Crippen molar-refractivity contribution in [1.29, 1.82) is 0 Å². The van der Waals surface area contributed by atoms with Crippen molar-refractivity contribution in [3.05, 3.63) is 64.7 Å². The lowest BCUT2D eigenvalue weighted by Gasteiger charge is -2.10. The van der Waals surface area contributed by atoms with E-state index in [4.69, 9.17) is 11.6 Å². The van der Waals surface area contributed by atoms with Gasteiger partial charge in [0.2, 0.25) is 10.0 Å². The van der Waals surface area contributed by atoms with Crippen LogP contribution in [0.3, 0.4) is 0 Å². The molecular formula is C14H11ClF3NO2S. The van der Waals surface area contributed by atoms with Crippen LogP contribution in [0.1, 0.15) is 11.1 Å². The van der Waals surface area contributed by atoms with Crippen LogP contribution in [-0.2, 0) is 22.7 Å². The largest absolute Gasteiger partial charge is 0.416 e. The van der Waals surface area contributed by atoms with E-state index in [1.807, 2.05) is 0 Å². The van der Waals surface area contributed by atoms with Crippen molar-refractivity contribution in [2.45, 2.75) is 17.6 Å². The molecule has 0 saturated carbocycles. The van der Waals surface area contributed by atoms with Crippen molar-refractivity contribution >= 4 is 21.6 Å². The predicted octanol–water partition coefficient (Wildman–Crippen LogP) is 3.84. The highest BCUT2D eigenvalue weighted by atomic mass is 35.5. The van der Waals surface area contributed by atoms with Gasteiger partial charge in [-0.05, 0) is 35.9 Å². The molecule has 0 spiro atoms. The van der Waals surface area contributed by atoms with Crippen molar-refractivity contribution in [2.75, 3.05) is 0 Å². The second-order valence-corrected chi connectivity index (χ2v) is 6.68. The highest BCUT2D eigenvalue weighted by Gasteiger charge is 2.31. The number of benzene rings is 2. The SMILES string of the molecule is O=S(=O)(NCc1cccc(Cl)c1)c1cccc(C(F)(F)F)c1. The molecule has 22 heavy (non-hydrogen) atoms. The highest BCUT2D eigenvalue weighted by molar-refractivity contribution is 7.89. The maximum Gasteiger partial charge on any atom is 0.416 e. The molecule has 0 radical (unpaired) electrons. The molecule has 0 bridgehead atoms. The molecule has 2 rings (SSSR count). The molecular weight excluding hydrogens is 339 g/mol. The fourth-order valence-corrected chi connectivity index (χ4v) is 3.02. The van der Waals surface area contributed by atoms with Crippen molar-refractivity contribution in [3.63, 3.8) is 0 Å². The van der Waals surface area contributed by atoms with Gasteiger partial charge in [-0.3, -0.25) is 0 Å². The van der Waals surface area contributed by atoms with Gasteiger partial charge in [-0.25, -0.2) is 13.1 Å². The molecule has 118 valence electrons. The van der Waals surface area contributed by atoms with Crippen LogP contribution < -0.4 is 4.72 Å². The van der Waals surface area contributed by atoms with E-state index >= 15 is 0 Å². The number of nitrogens with one attached hydrogen (secondary N) is 1. The van der Waals surface area contributed by atoms with Crippen molar-refractivity contribution in [1.82, 2.24) is 4.72 Å². The van der Waals surface area contributed by atoms with Gasteiger partial charge in [-0.15, -0.1) is 0 Å². The maximum atomic E-state index is 12.6. The minimum atomic E-state index is -4.60. The number of rotatable bonds is 4. The van der Waals surface area contributed by atoms with Gasteiger partial charge in [0.1, 0.15) is 0 Å². The molecule has 0 aromatic heterocycles. The predicted molar refractivity (Wildman–Crippen MR) is 76.9 cm³/mol. The first kappa shape index (κ1) is 16.8. The fourth-order valence-electron chi connectivity index (χ4n) is 1.75. The third-order valence-corrected chi connectivity index (χ3v) is 4.46. The second kappa shape index (κ2) is 6.28. The number of hydrogen-bond acceptors (Lipinski definition) is 2. The summed E-state index contributed by atoms with van der Waals surface area (Å²) in [6, 6.07) is 10.1. The summed E-state index contributed by atoms with van der Waals surface area (Å²) in [6.07, 6.45) is -4.60. The summed E-state index contributed by atoms with van der Waals surface area (Å²) < 4.78 is 64.2. The molecule has 0 atom stereocenters. The van der Waals surface area contributed by atoms with Crippen LogP contribution in [0.15, 0.2) is 53.4 Å². The summed E-state index contributed by atoms with van der Waals surface area (Å²) in [6.45, 7) is -0.0703. The monoisotopic (exact) mass is 349 g/mol. The normalized spacial score (nSPS) is 12.4. The van der Waals surface area contributed by atoms with Gasteiger partial charge in [0, 0.05) is 11.6 Å². The van der Waals surface area contributed by atoms with Gasteiger partial charge in [0.05, 0.1) is 10.5 Å². The average Bonchev–Trinajstić information content (AvgIpc) is 2.45. The smallest absolute Gasteiger partial charge is 0.207 e. The maximum absolute atomic E-state index is 12.6. The molecule has 8 heteroatoms. The van der Waals surface area contributed by atoms with E-state index in [-0.39, 0.29) is 6.54 Å². The minimum Gasteiger partial charge on any atom is -0.207 e. The van der Waals surface area contributed by atoms with E-state index in [0.717, 1.165) is 18.2 Å². The molecule has 2 aromatic carbocycles. The number of alkyl halides is 3. The molecule has 0 fully saturated rings. The summed E-state index contributed by atoms with van der Waals surface area (Å²) in [5.41, 5.74) is -0.416. The van der Waals surface area contributed by atoms with Gasteiger partial charge < -0.3 is 0 Å². The van der Waals surface area contributed by atoms with Crippen LogP contribution >= 0.6 is 11.6 Å². The molecule has 2 aromatic rings. The second-order valence-electron chi connectivity index (χ2n) is 4.48. The first-order valence-electron chi connectivity index (χ1n) is 6.10. The topological polar surface area (TPSA) is 46.2 Å². The Morgan fingerprint density at radius 3 is 2.36 bits per heavy atom. The van der Waals surface area contributed by atoms with E-state index < -0.39 is 26.7 Å². The van der Waals surface area contributed by atoms with E-state index in [9.17, 15) is 21.6 Å². The molecule has 0 aliphatic carbocycles. The van der Waals surface area contributed by atoms with E-state index in [1.165, 1.54) is 0 Å². The summed E-state index contributed by atoms with van der Waals surface area (Å²) in [5.74, 6) is 0. The highest BCUT2D eigenvalue weighted by Crippen LogP contribution is 2.30. The zero-order chi connectivity index (χ0) is 16.4. The standard InChI is InChI=1S/C14H11ClF3NO2S/c15-12-5-1-3-10(7-12)9-19-22(20,21)13-6-2-4-11(8-13)14(16,17)18/h1-8,19H,9H2. The van der Waals surface area contributed by atoms with E-state index in [2.05, 4.69) is 4.72 Å². The third-order valence-electron chi connectivity index (χ3n) is 2.83. The molecule has 0 heterocycles. The molecule has 0 aliphatic rings. The summed E-state index contributed by atoms with van der Waals surface area (Å²) in [7, 11) is -4.05. The Balaban J connectivity index is 2.20. The first-order chi connectivity index (χ1) is 10.2. The zero-order valence-corrected chi connectivity index (χ0v) is 12.6. The van der Waals surface area contributed by atoms with Gasteiger partial charge in [0.25, 0.3) is 0 Å². The quantitative estimate of drug-likeness (QED) is 0.911. The van der Waals surface area contributed by atoms with Crippen LogP contribution in [0.4, 0.5) is 13.2 Å². The van der Waals surface area contributed by atoms with Gasteiger partial charge in [-0.2, -0.15) is 13.2 Å². The lowest BCUT2D eigenvalue weighted by molar-refractivity contribution is -0.137. The Morgan fingerprint density at radius 1 is 1.05 bits per heavy atom. The molecule has 3 nitrogen and oxygen atoms in total. The van der Waals surface area contributed by atoms with Crippen molar-refractivity contribution < 1.29 is 21.6 Å². The fraction of sp³-hybridized carbons (Fsp3) is 0.143. The lowest BCUT2D eigenvalue weighted by atomic mass is 10.2. The molecule has 0 amide bonds. The minimum absolute atomic E-state index is 0.0703. The number of hydrogen-bond donors (Lipinski definition) is 1. The molecule has 0 unspecified atom stereocenters. The summed E-state index contributed by atoms with van der Waals surface area (Å²) in [4.78, 5) is -0.440. The average molecular weight is 350 g/mol. The van der Waals surface area contributed by atoms with E-state index in [0.29, 0.717) is 16.7 Å². The molecule has 0 saturated heterocycles. The van der Waals surface area contributed by atoms with Crippen molar-refractivity contribution in [2.24, 2.45) is 0 Å². The van der Waals surface area contributed by atoms with Crippen molar-refractivity contribution in [3.8, 4) is 0 Å². The number of halogens is 4. The van der Waals surface area contributed by atoms with Gasteiger partial charge in [0.15, 0.2) is 0 Å². The lowest BCUT2D eigenvalue weighted by Crippen LogP contribution is -2.23. The van der Waals surface area contributed by atoms with Crippen LogP contribution in [0.25, 0.3) is 0 Å². The van der Waals surface area contributed by atoms with Crippen LogP contribution in [0, 0.1) is 0 Å². The summed E-state index contributed by atoms with van der Waals surface area (Å²) >= 11 is 5.78. The Hall–Kier alpha value is -1.57. The Morgan fingerprint density at radius 2 is 1.73 bits per heavy atom. The Bertz CT molecular complexity index is 776. The van der Waals surface area contributed by atoms with E-state index in [1.54, 1.807) is 24.3 Å². The van der Waals surface area contributed by atoms with Crippen LogP contribution in [-0.4, -0.2) is 8.42 Å². The van der Waals surface area contributed by atoms with Gasteiger partial charge >= 0.3 is 6.18 Å². The molecule has 1 N–H and O–H groups in total. The first-order valence-corrected chi connectivity index (χ1v) is 7.96. The summed E-state index contributed by atoms with van der Waals surface area (Å²) in [5, 5.41) is 0.441. The van der Waals surface area contributed by atoms with Gasteiger partial charge in [-0.1, -0.05) is 29.8 Å². The third kappa shape index (κ3) is 4.22. The molecule has 0 aliphatic heterocycles. The number of sulfonamides is 1.